The number of rotatable bonds is 2. The van der Waals surface area contributed by atoms with Crippen LogP contribution in [-0.4, -0.2) is 45.1 Å². The Balaban J connectivity index is 0.000000873. The van der Waals surface area contributed by atoms with E-state index in [4.69, 9.17) is 13.3 Å². The van der Waals surface area contributed by atoms with Crippen LogP contribution in [0.1, 0.15) is 13.8 Å². The first-order valence-electron chi connectivity index (χ1n) is 5.00. The fourth-order valence-corrected chi connectivity index (χ4v) is 2.18. The Labute approximate surface area is 107 Å². The molecule has 0 saturated heterocycles. The fraction of sp³-hybridized carbons (Fsp3) is 0.300. The minimum Gasteiger partial charge on any atom is -0.397 e. The van der Waals surface area contributed by atoms with E-state index in [2.05, 4.69) is 5.32 Å². The molecule has 0 fully saturated rings. The number of anilines is 1. The van der Waals surface area contributed by atoms with Gasteiger partial charge in [-0.25, -0.2) is 0 Å². The first-order chi connectivity index (χ1) is 8.22. The largest absolute Gasteiger partial charge is 0.397 e. The van der Waals surface area contributed by atoms with Crippen LogP contribution in [-0.2, 0) is 8.53 Å². The van der Waals surface area contributed by atoms with Crippen molar-refractivity contribution in [3.63, 3.8) is 0 Å². The molecular weight excluding hydrogens is 305 g/mol. The van der Waals surface area contributed by atoms with Gasteiger partial charge in [0, 0.05) is 6.61 Å². The van der Waals surface area contributed by atoms with Gasteiger partial charge in [-0.15, -0.1) is 0 Å². The number of carbonyl (C=O) groups excluding carboxylic acids is 1. The molecule has 18 heavy (non-hydrogen) atoms. The molecule has 8 heteroatoms. The van der Waals surface area contributed by atoms with Gasteiger partial charge in [0.2, 0.25) is 0 Å². The number of amides is 1. The molecule has 1 aromatic carbocycles. The first-order valence-corrected chi connectivity index (χ1v) is 8.38. The minimum absolute atomic E-state index is 0.00951. The third-order valence-corrected chi connectivity index (χ3v) is 3.62. The maximum absolute atomic E-state index is 10.9. The van der Waals surface area contributed by atoms with Crippen molar-refractivity contribution in [3.05, 3.63) is 18.2 Å². The number of carbonyl (C=O) groups is 1. The molecule has 1 rings (SSSR count). The van der Waals surface area contributed by atoms with E-state index in [0.717, 1.165) is 18.2 Å². The van der Waals surface area contributed by atoms with E-state index >= 15 is 0 Å². The van der Waals surface area contributed by atoms with Crippen molar-refractivity contribution in [2.75, 3.05) is 11.9 Å². The van der Waals surface area contributed by atoms with Crippen molar-refractivity contribution in [3.8, 4) is 5.75 Å². The van der Waals surface area contributed by atoms with Gasteiger partial charge in [0.05, 0.1) is 0 Å². The SMILES string of the molecule is CC(=O)Nc1cc([As](=O)(O)O)ccc1O.CCO. The van der Waals surface area contributed by atoms with Gasteiger partial charge < -0.3 is 5.11 Å². The molecule has 0 spiro atoms. The number of aliphatic hydroxyl groups is 1. The summed E-state index contributed by atoms with van der Waals surface area (Å²) in [6.45, 7) is 3.16. The molecule has 0 aliphatic carbocycles. The minimum atomic E-state index is -4.98. The number of hydrogen-bond acceptors (Lipinski definition) is 4. The molecule has 0 atom stereocenters. The van der Waals surface area contributed by atoms with Crippen molar-refractivity contribution in [2.24, 2.45) is 0 Å². The zero-order valence-electron chi connectivity index (χ0n) is 9.99. The zero-order valence-corrected chi connectivity index (χ0v) is 11.9. The summed E-state index contributed by atoms with van der Waals surface area (Å²) in [6.07, 6.45) is 0. The molecule has 0 aromatic heterocycles. The second kappa shape index (κ2) is 7.23. The van der Waals surface area contributed by atoms with Crippen LogP contribution in [0.4, 0.5) is 5.69 Å². The summed E-state index contributed by atoms with van der Waals surface area (Å²) in [7, 11) is 0. The maximum atomic E-state index is 10.9. The third-order valence-electron chi connectivity index (χ3n) is 1.63. The summed E-state index contributed by atoms with van der Waals surface area (Å²) in [5, 5.41) is 19.1. The Hall–Kier alpha value is -1.27. The molecule has 1 aromatic rings. The standard InChI is InChI=1S/C8H10AsNO5.C2H6O/c1-5(11)10-7-4-6(9(13,14)15)2-3-8(7)12;1-2-3/h2-4,12H,1H3,(H,10,11)(H2,13,14,15);3H,2H2,1H3. The van der Waals surface area contributed by atoms with Crippen LogP contribution in [0, 0.1) is 0 Å². The summed E-state index contributed by atoms with van der Waals surface area (Å²) in [5.41, 5.74) is -0.00951. The monoisotopic (exact) mass is 321 g/mol. The Morgan fingerprint density at radius 2 is 1.89 bits per heavy atom. The van der Waals surface area contributed by atoms with Crippen molar-refractivity contribution < 1.29 is 26.9 Å². The fourth-order valence-electron chi connectivity index (χ4n) is 0.995. The van der Waals surface area contributed by atoms with Crippen molar-refractivity contribution in [1.29, 1.82) is 0 Å². The van der Waals surface area contributed by atoms with Crippen LogP contribution >= 0.6 is 0 Å². The number of benzene rings is 1. The number of aromatic hydroxyl groups is 1. The van der Waals surface area contributed by atoms with Crippen LogP contribution in [0.3, 0.4) is 0 Å². The van der Waals surface area contributed by atoms with E-state index < -0.39 is 20.1 Å². The smallest absolute Gasteiger partial charge is 0.0402 e. The average Bonchev–Trinajstić information content (AvgIpc) is 2.20. The molecule has 0 aliphatic rings. The van der Waals surface area contributed by atoms with Crippen molar-refractivity contribution >= 4 is 30.1 Å². The van der Waals surface area contributed by atoms with E-state index in [0.29, 0.717) is 0 Å². The van der Waals surface area contributed by atoms with Crippen molar-refractivity contribution in [1.82, 2.24) is 0 Å². The van der Waals surface area contributed by atoms with Crippen molar-refractivity contribution in [2.45, 2.75) is 13.8 Å². The molecule has 5 N–H and O–H groups in total. The topological polar surface area (TPSA) is 127 Å². The van der Waals surface area contributed by atoms with Gasteiger partial charge in [-0.1, -0.05) is 0 Å². The normalized spacial score (nSPS) is 10.3. The predicted octanol–water partition coefficient (Wildman–Crippen LogP) is -1.09. The van der Waals surface area contributed by atoms with Gasteiger partial charge in [0.15, 0.2) is 0 Å². The Kier molecular flexibility index (Phi) is 6.72. The Bertz CT molecular complexity index is 456. The second-order valence-corrected chi connectivity index (χ2v) is 6.61. The average molecular weight is 321 g/mol. The van der Waals surface area contributed by atoms with E-state index in [1.807, 2.05) is 0 Å². The van der Waals surface area contributed by atoms with Gasteiger partial charge in [-0.05, 0) is 6.92 Å². The molecule has 0 unspecified atom stereocenters. The molecule has 0 aliphatic heterocycles. The molecule has 0 radical (unpaired) electrons. The van der Waals surface area contributed by atoms with Gasteiger partial charge in [-0.3, -0.25) is 0 Å². The van der Waals surface area contributed by atoms with Gasteiger partial charge in [0.1, 0.15) is 0 Å². The number of phenols is 1. The van der Waals surface area contributed by atoms with Gasteiger partial charge in [0.25, 0.3) is 0 Å². The molecule has 102 valence electrons. The Morgan fingerprint density at radius 3 is 2.28 bits per heavy atom. The molecular formula is C10H16AsNO6. The summed E-state index contributed by atoms with van der Waals surface area (Å²) >= 11 is -4.98. The predicted molar refractivity (Wildman–Crippen MR) is 65.7 cm³/mol. The number of hydrogen-bond donors (Lipinski definition) is 5. The maximum Gasteiger partial charge on any atom is 0.0402 e. The summed E-state index contributed by atoms with van der Waals surface area (Å²) < 4.78 is 28.6. The summed E-state index contributed by atoms with van der Waals surface area (Å²) in [6, 6.07) is 3.32. The van der Waals surface area contributed by atoms with Gasteiger partial charge in [-0.2, -0.15) is 0 Å². The molecule has 7 nitrogen and oxygen atoms in total. The van der Waals surface area contributed by atoms with E-state index in [9.17, 15) is 13.6 Å². The first kappa shape index (κ1) is 16.7. The molecule has 1 amide bonds. The van der Waals surface area contributed by atoms with Crippen LogP contribution in [0.15, 0.2) is 18.2 Å². The van der Waals surface area contributed by atoms with Crippen LogP contribution in [0.2, 0.25) is 0 Å². The quantitative estimate of drug-likeness (QED) is 0.348. The van der Waals surface area contributed by atoms with Crippen LogP contribution in [0.25, 0.3) is 0 Å². The third kappa shape index (κ3) is 5.88. The summed E-state index contributed by atoms with van der Waals surface area (Å²) in [4.78, 5) is 10.7. The molecule has 0 bridgehead atoms. The van der Waals surface area contributed by atoms with Crippen LogP contribution in [0.5, 0.6) is 5.75 Å². The van der Waals surface area contributed by atoms with E-state index in [-0.39, 0.29) is 22.4 Å². The number of phenolic OH excluding ortho intramolecular Hbond substituents is 1. The second-order valence-electron chi connectivity index (χ2n) is 3.24. The molecule has 0 heterocycles. The Morgan fingerprint density at radius 1 is 1.39 bits per heavy atom. The number of nitrogens with one attached hydrogen (secondary N) is 1. The van der Waals surface area contributed by atoms with E-state index in [1.54, 1.807) is 6.92 Å². The van der Waals surface area contributed by atoms with E-state index in [1.165, 1.54) is 6.92 Å². The molecule has 0 saturated carbocycles. The zero-order chi connectivity index (χ0) is 14.3. The van der Waals surface area contributed by atoms with Crippen LogP contribution < -0.4 is 9.67 Å². The van der Waals surface area contributed by atoms with Gasteiger partial charge >= 0.3 is 88.1 Å². The summed E-state index contributed by atoms with van der Waals surface area (Å²) in [5.74, 6) is -0.668. The number of aliphatic hydroxyl groups excluding tert-OH is 1.